The van der Waals surface area contributed by atoms with E-state index in [4.69, 9.17) is 14.2 Å². The second-order valence-corrected chi connectivity index (χ2v) is 7.35. The zero-order chi connectivity index (χ0) is 17.2. The Hall–Kier alpha value is -1.75. The Kier molecular flexibility index (Phi) is 4.99. The molecule has 1 aromatic rings. The van der Waals surface area contributed by atoms with Crippen LogP contribution in [0.5, 0.6) is 11.5 Å². The van der Waals surface area contributed by atoms with Crippen LogP contribution in [-0.2, 0) is 16.0 Å². The minimum absolute atomic E-state index is 0.0423. The highest BCUT2D eigenvalue weighted by atomic mass is 16.5. The maximum absolute atomic E-state index is 12.4. The van der Waals surface area contributed by atoms with Crippen molar-refractivity contribution in [1.29, 1.82) is 0 Å². The molecule has 5 nitrogen and oxygen atoms in total. The first kappa shape index (κ1) is 17.1. The number of ether oxygens (including phenoxy) is 3. The molecule has 2 aliphatic heterocycles. The first-order chi connectivity index (χ1) is 11.5. The number of hydrogen-bond acceptors (Lipinski definition) is 4. The van der Waals surface area contributed by atoms with Crippen LogP contribution in [0.25, 0.3) is 0 Å². The van der Waals surface area contributed by atoms with Crippen LogP contribution in [0.3, 0.4) is 0 Å². The quantitative estimate of drug-likeness (QED) is 0.831. The molecule has 1 aromatic carbocycles. The van der Waals surface area contributed by atoms with E-state index in [1.807, 2.05) is 17.0 Å². The van der Waals surface area contributed by atoms with Gasteiger partial charge in [-0.1, -0.05) is 12.1 Å². The zero-order valence-electron chi connectivity index (χ0n) is 14.8. The molecule has 0 spiro atoms. The summed E-state index contributed by atoms with van der Waals surface area (Å²) in [5, 5.41) is 0. The summed E-state index contributed by atoms with van der Waals surface area (Å²) in [5.74, 6) is 2.06. The smallest absolute Gasteiger partial charge is 0.260 e. The zero-order valence-corrected chi connectivity index (χ0v) is 14.8. The van der Waals surface area contributed by atoms with Gasteiger partial charge in [0.25, 0.3) is 5.91 Å². The van der Waals surface area contributed by atoms with Crippen LogP contribution < -0.4 is 9.47 Å². The SMILES string of the molecule is COCC1CCN(C(=O)COc2cccc3c2OC(C)(C)C3)CC1. The second kappa shape index (κ2) is 7.01. The molecule has 0 unspecified atom stereocenters. The van der Waals surface area contributed by atoms with E-state index in [1.165, 1.54) is 0 Å². The van der Waals surface area contributed by atoms with Gasteiger partial charge in [-0.25, -0.2) is 0 Å². The summed E-state index contributed by atoms with van der Waals surface area (Å²) in [6, 6.07) is 5.89. The van der Waals surface area contributed by atoms with Crippen molar-refractivity contribution in [2.75, 3.05) is 33.4 Å². The summed E-state index contributed by atoms with van der Waals surface area (Å²) in [4.78, 5) is 14.3. The summed E-state index contributed by atoms with van der Waals surface area (Å²) in [5.41, 5.74) is 0.931. The molecule has 1 saturated heterocycles. The number of piperidine rings is 1. The highest BCUT2D eigenvalue weighted by molar-refractivity contribution is 5.78. The number of hydrogen-bond donors (Lipinski definition) is 0. The van der Waals surface area contributed by atoms with Gasteiger partial charge in [-0.2, -0.15) is 0 Å². The fourth-order valence-electron chi connectivity index (χ4n) is 3.52. The van der Waals surface area contributed by atoms with E-state index < -0.39 is 0 Å². The van der Waals surface area contributed by atoms with Crippen molar-refractivity contribution in [3.8, 4) is 11.5 Å². The molecule has 3 rings (SSSR count). The third-order valence-corrected chi connectivity index (χ3v) is 4.78. The average Bonchev–Trinajstić information content (AvgIpc) is 2.88. The summed E-state index contributed by atoms with van der Waals surface area (Å²) in [7, 11) is 1.73. The number of para-hydroxylation sites is 1. The summed E-state index contributed by atoms with van der Waals surface area (Å²) >= 11 is 0. The number of methoxy groups -OCH3 is 1. The molecule has 2 aliphatic rings. The monoisotopic (exact) mass is 333 g/mol. The van der Waals surface area contributed by atoms with Gasteiger partial charge in [0.15, 0.2) is 18.1 Å². The third-order valence-electron chi connectivity index (χ3n) is 4.78. The van der Waals surface area contributed by atoms with E-state index in [-0.39, 0.29) is 18.1 Å². The number of nitrogens with zero attached hydrogens (tertiary/aromatic N) is 1. The van der Waals surface area contributed by atoms with Crippen LogP contribution in [0.15, 0.2) is 18.2 Å². The standard InChI is InChI=1S/C19H27NO4/c1-19(2)11-15-5-4-6-16(18(15)24-19)23-13-17(21)20-9-7-14(8-10-20)12-22-3/h4-6,14H,7-13H2,1-3H3. The molecule has 1 fully saturated rings. The number of amides is 1. The van der Waals surface area contributed by atoms with Crippen LogP contribution in [0.2, 0.25) is 0 Å². The van der Waals surface area contributed by atoms with Gasteiger partial charge in [0.1, 0.15) is 5.60 Å². The van der Waals surface area contributed by atoms with Gasteiger partial charge in [-0.15, -0.1) is 0 Å². The van der Waals surface area contributed by atoms with Crippen molar-refractivity contribution in [3.05, 3.63) is 23.8 Å². The number of carbonyl (C=O) groups excluding carboxylic acids is 1. The molecule has 0 radical (unpaired) electrons. The van der Waals surface area contributed by atoms with Crippen molar-refractivity contribution in [2.24, 2.45) is 5.92 Å². The van der Waals surface area contributed by atoms with E-state index >= 15 is 0 Å². The van der Waals surface area contributed by atoms with E-state index in [1.54, 1.807) is 7.11 Å². The lowest BCUT2D eigenvalue weighted by molar-refractivity contribution is -0.135. The Bertz CT molecular complexity index is 591. The number of likely N-dealkylation sites (tertiary alicyclic amines) is 1. The Morgan fingerprint density at radius 1 is 1.33 bits per heavy atom. The largest absolute Gasteiger partial charge is 0.483 e. The Morgan fingerprint density at radius 3 is 2.79 bits per heavy atom. The molecule has 0 saturated carbocycles. The summed E-state index contributed by atoms with van der Waals surface area (Å²) in [6.45, 7) is 6.54. The predicted molar refractivity (Wildman–Crippen MR) is 91.5 cm³/mol. The van der Waals surface area contributed by atoms with Gasteiger partial charge in [0, 0.05) is 38.8 Å². The van der Waals surface area contributed by atoms with Crippen molar-refractivity contribution in [2.45, 2.75) is 38.7 Å². The molecule has 24 heavy (non-hydrogen) atoms. The predicted octanol–water partition coefficient (Wildman–Crippen LogP) is 2.66. The van der Waals surface area contributed by atoms with Crippen LogP contribution in [0.4, 0.5) is 0 Å². The molecule has 2 heterocycles. The van der Waals surface area contributed by atoms with Gasteiger partial charge in [-0.3, -0.25) is 4.79 Å². The van der Waals surface area contributed by atoms with Gasteiger partial charge >= 0.3 is 0 Å². The molecule has 0 atom stereocenters. The van der Waals surface area contributed by atoms with Crippen LogP contribution in [0, 0.1) is 5.92 Å². The lowest BCUT2D eigenvalue weighted by atomic mass is 9.98. The van der Waals surface area contributed by atoms with Crippen LogP contribution >= 0.6 is 0 Å². The minimum Gasteiger partial charge on any atom is -0.483 e. The number of benzene rings is 1. The molecular weight excluding hydrogens is 306 g/mol. The lowest BCUT2D eigenvalue weighted by Gasteiger charge is -2.31. The first-order valence-electron chi connectivity index (χ1n) is 8.69. The van der Waals surface area contributed by atoms with Gasteiger partial charge in [0.05, 0.1) is 0 Å². The fraction of sp³-hybridized carbons (Fsp3) is 0.632. The molecular formula is C19H27NO4. The maximum atomic E-state index is 12.4. The summed E-state index contributed by atoms with van der Waals surface area (Å²) in [6.07, 6.45) is 2.86. The molecule has 0 aliphatic carbocycles. The van der Waals surface area contributed by atoms with Crippen molar-refractivity contribution in [3.63, 3.8) is 0 Å². The molecule has 0 N–H and O–H groups in total. The normalized spacial score (nSPS) is 19.7. The lowest BCUT2D eigenvalue weighted by Crippen LogP contribution is -2.41. The van der Waals surface area contributed by atoms with Crippen molar-refractivity contribution < 1.29 is 19.0 Å². The maximum Gasteiger partial charge on any atom is 0.260 e. The first-order valence-corrected chi connectivity index (χ1v) is 8.69. The second-order valence-electron chi connectivity index (χ2n) is 7.35. The molecule has 0 aromatic heterocycles. The Labute approximate surface area is 143 Å². The highest BCUT2D eigenvalue weighted by Gasteiger charge is 2.32. The average molecular weight is 333 g/mol. The topological polar surface area (TPSA) is 48.0 Å². The van der Waals surface area contributed by atoms with Crippen molar-refractivity contribution >= 4 is 5.91 Å². The Morgan fingerprint density at radius 2 is 2.08 bits per heavy atom. The van der Waals surface area contributed by atoms with E-state index in [0.29, 0.717) is 11.7 Å². The van der Waals surface area contributed by atoms with E-state index in [2.05, 4.69) is 19.9 Å². The van der Waals surface area contributed by atoms with Gasteiger partial charge < -0.3 is 19.1 Å². The summed E-state index contributed by atoms with van der Waals surface area (Å²) < 4.78 is 17.0. The number of fused-ring (bicyclic) bond motifs is 1. The Balaban J connectivity index is 1.54. The van der Waals surface area contributed by atoms with E-state index in [0.717, 1.165) is 50.3 Å². The molecule has 0 bridgehead atoms. The number of rotatable bonds is 5. The van der Waals surface area contributed by atoms with E-state index in [9.17, 15) is 4.79 Å². The van der Waals surface area contributed by atoms with Gasteiger partial charge in [0.2, 0.25) is 0 Å². The number of carbonyl (C=O) groups is 1. The minimum atomic E-state index is -0.213. The van der Waals surface area contributed by atoms with Gasteiger partial charge in [-0.05, 0) is 38.7 Å². The third kappa shape index (κ3) is 3.83. The van der Waals surface area contributed by atoms with Crippen LogP contribution in [0.1, 0.15) is 32.3 Å². The highest BCUT2D eigenvalue weighted by Crippen LogP contribution is 2.41. The molecule has 132 valence electrons. The fourth-order valence-corrected chi connectivity index (χ4v) is 3.52. The molecule has 1 amide bonds. The molecule has 5 heteroatoms. The van der Waals surface area contributed by atoms with Crippen molar-refractivity contribution in [1.82, 2.24) is 4.90 Å². The van der Waals surface area contributed by atoms with Crippen LogP contribution in [-0.4, -0.2) is 49.8 Å².